The Morgan fingerprint density at radius 3 is 2.76 bits per heavy atom. The number of amides is 1. The molecule has 21 heavy (non-hydrogen) atoms. The molecule has 1 aromatic heterocycles. The minimum atomic E-state index is -4.72. The van der Waals surface area contributed by atoms with E-state index >= 15 is 0 Å². The number of aromatic nitrogens is 1. The molecule has 1 saturated heterocycles. The van der Waals surface area contributed by atoms with Crippen LogP contribution in [0.5, 0.6) is 0 Å². The number of halogens is 3. The highest BCUT2D eigenvalue weighted by atomic mass is 19.4. The van der Waals surface area contributed by atoms with Crippen LogP contribution in [0, 0.1) is 10.1 Å². The molecule has 1 amide bonds. The van der Waals surface area contributed by atoms with Crippen molar-refractivity contribution in [1.82, 2.24) is 10.3 Å². The lowest BCUT2D eigenvalue weighted by molar-refractivity contribution is -0.384. The fourth-order valence-electron chi connectivity index (χ4n) is 1.96. The van der Waals surface area contributed by atoms with Crippen LogP contribution in [0.1, 0.15) is 18.5 Å². The number of hydrogen-bond acceptors (Lipinski definition) is 5. The maximum Gasteiger partial charge on any atom is 0.433 e. The lowest BCUT2D eigenvalue weighted by atomic mass is 10.1. The van der Waals surface area contributed by atoms with Gasteiger partial charge in [0.25, 0.3) is 0 Å². The van der Waals surface area contributed by atoms with E-state index in [0.29, 0.717) is 31.6 Å². The van der Waals surface area contributed by atoms with Crippen molar-refractivity contribution < 1.29 is 22.9 Å². The fraction of sp³-hybridized carbons (Fsp3) is 0.455. The molecule has 1 aromatic rings. The number of nitrogens with one attached hydrogen (secondary N) is 2. The second kappa shape index (κ2) is 5.54. The van der Waals surface area contributed by atoms with Gasteiger partial charge >= 0.3 is 11.9 Å². The Morgan fingerprint density at radius 1 is 1.48 bits per heavy atom. The molecule has 1 unspecified atom stereocenters. The van der Waals surface area contributed by atoms with Gasteiger partial charge in [0.05, 0.1) is 4.92 Å². The van der Waals surface area contributed by atoms with Crippen molar-refractivity contribution in [3.63, 3.8) is 0 Å². The molecule has 2 heterocycles. The Kier molecular flexibility index (Phi) is 3.96. The molecule has 0 radical (unpaired) electrons. The molecule has 1 aliphatic rings. The second-order valence-electron chi connectivity index (χ2n) is 4.47. The highest BCUT2D eigenvalue weighted by Gasteiger charge is 2.35. The number of piperidine rings is 1. The average Bonchev–Trinajstić information content (AvgIpc) is 2.40. The molecule has 10 heteroatoms. The Hall–Kier alpha value is -2.39. The van der Waals surface area contributed by atoms with Crippen LogP contribution < -0.4 is 10.6 Å². The van der Waals surface area contributed by atoms with Crippen molar-refractivity contribution in [2.45, 2.75) is 25.1 Å². The summed E-state index contributed by atoms with van der Waals surface area (Å²) in [4.78, 5) is 24.6. The topological polar surface area (TPSA) is 97.2 Å². The van der Waals surface area contributed by atoms with Crippen molar-refractivity contribution in [2.75, 3.05) is 11.9 Å². The Morgan fingerprint density at radius 2 is 2.19 bits per heavy atom. The van der Waals surface area contributed by atoms with Gasteiger partial charge in [0, 0.05) is 6.54 Å². The van der Waals surface area contributed by atoms with Gasteiger partial charge in [-0.05, 0) is 18.9 Å². The summed E-state index contributed by atoms with van der Waals surface area (Å²) in [7, 11) is 0. The summed E-state index contributed by atoms with van der Waals surface area (Å²) in [5, 5.41) is 15.9. The number of hydrogen-bond donors (Lipinski definition) is 2. The molecule has 1 fully saturated rings. The van der Waals surface area contributed by atoms with E-state index < -0.39 is 34.4 Å². The van der Waals surface area contributed by atoms with Crippen molar-refractivity contribution in [1.29, 1.82) is 0 Å². The van der Waals surface area contributed by atoms with Crippen LogP contribution >= 0.6 is 0 Å². The number of nitro groups is 1. The first-order valence-corrected chi connectivity index (χ1v) is 6.05. The van der Waals surface area contributed by atoms with Crippen LogP contribution in [-0.2, 0) is 11.0 Å². The molecule has 1 atom stereocenters. The van der Waals surface area contributed by atoms with Crippen molar-refractivity contribution in [2.24, 2.45) is 0 Å². The SMILES string of the molecule is O=C1NCCCC1Nc1cc(C(F)(F)F)ncc1[N+](=O)[O-]. The van der Waals surface area contributed by atoms with E-state index in [9.17, 15) is 28.1 Å². The minimum Gasteiger partial charge on any atom is -0.368 e. The zero-order chi connectivity index (χ0) is 15.6. The number of anilines is 1. The second-order valence-corrected chi connectivity index (χ2v) is 4.47. The smallest absolute Gasteiger partial charge is 0.368 e. The van der Waals surface area contributed by atoms with E-state index in [-0.39, 0.29) is 5.69 Å². The molecule has 1 aliphatic heterocycles. The van der Waals surface area contributed by atoms with Crippen LogP contribution in [0.4, 0.5) is 24.5 Å². The Labute approximate surface area is 116 Å². The highest BCUT2D eigenvalue weighted by Crippen LogP contribution is 2.33. The fourth-order valence-corrected chi connectivity index (χ4v) is 1.96. The van der Waals surface area contributed by atoms with Gasteiger partial charge in [0.15, 0.2) is 0 Å². The Bertz CT molecular complexity index is 576. The summed E-state index contributed by atoms with van der Waals surface area (Å²) in [5.41, 5.74) is -2.24. The van der Waals surface area contributed by atoms with Gasteiger partial charge in [-0.2, -0.15) is 13.2 Å². The van der Waals surface area contributed by atoms with Gasteiger partial charge in [-0.25, -0.2) is 4.98 Å². The minimum absolute atomic E-state index is 0.371. The maximum atomic E-state index is 12.6. The van der Waals surface area contributed by atoms with Gasteiger partial charge in [-0.15, -0.1) is 0 Å². The quantitative estimate of drug-likeness (QED) is 0.654. The first-order chi connectivity index (χ1) is 9.79. The summed E-state index contributed by atoms with van der Waals surface area (Å²) in [6.45, 7) is 0.475. The predicted octanol–water partition coefficient (Wildman–Crippen LogP) is 1.70. The summed E-state index contributed by atoms with van der Waals surface area (Å²) in [6.07, 6.45) is -3.17. The normalized spacial score (nSPS) is 19.0. The standard InChI is InChI=1S/C11H11F3N4O3/c12-11(13,14)9-4-7(8(5-16-9)18(20)21)17-6-2-1-3-15-10(6)19/h4-6H,1-3H2,(H,15,19)(H,16,17). The number of nitrogens with zero attached hydrogens (tertiary/aromatic N) is 2. The highest BCUT2D eigenvalue weighted by molar-refractivity contribution is 5.86. The molecule has 2 N–H and O–H groups in total. The molecule has 0 saturated carbocycles. The van der Waals surface area contributed by atoms with Gasteiger partial charge in [-0.3, -0.25) is 14.9 Å². The summed E-state index contributed by atoms with van der Waals surface area (Å²) in [6, 6.07) is -0.263. The molecule has 114 valence electrons. The third-order valence-electron chi connectivity index (χ3n) is 2.99. The number of carbonyl (C=O) groups is 1. The molecule has 2 rings (SSSR count). The monoisotopic (exact) mass is 304 g/mol. The lowest BCUT2D eigenvalue weighted by Gasteiger charge is -2.23. The van der Waals surface area contributed by atoms with Crippen molar-refractivity contribution in [3.05, 3.63) is 28.1 Å². The largest absolute Gasteiger partial charge is 0.433 e. The van der Waals surface area contributed by atoms with Crippen LogP contribution in [0.2, 0.25) is 0 Å². The number of rotatable bonds is 3. The molecule has 7 nitrogen and oxygen atoms in total. The van der Waals surface area contributed by atoms with Crippen molar-refractivity contribution >= 4 is 17.3 Å². The van der Waals surface area contributed by atoms with E-state index in [1.165, 1.54) is 0 Å². The van der Waals surface area contributed by atoms with Gasteiger partial charge in [-0.1, -0.05) is 0 Å². The Balaban J connectivity index is 2.34. The van der Waals surface area contributed by atoms with E-state index in [0.717, 1.165) is 0 Å². The average molecular weight is 304 g/mol. The number of carbonyl (C=O) groups excluding carboxylic acids is 1. The van der Waals surface area contributed by atoms with Gasteiger partial charge in [0.2, 0.25) is 5.91 Å². The van der Waals surface area contributed by atoms with Gasteiger partial charge < -0.3 is 10.6 Å². The van der Waals surface area contributed by atoms with E-state index in [1.54, 1.807) is 0 Å². The van der Waals surface area contributed by atoms with E-state index in [2.05, 4.69) is 15.6 Å². The zero-order valence-electron chi connectivity index (χ0n) is 10.6. The molecule has 0 bridgehead atoms. The third kappa shape index (κ3) is 3.38. The van der Waals surface area contributed by atoms with Crippen LogP contribution in [0.3, 0.4) is 0 Å². The van der Waals surface area contributed by atoms with Crippen LogP contribution in [0.15, 0.2) is 12.3 Å². The van der Waals surface area contributed by atoms with Crippen molar-refractivity contribution in [3.8, 4) is 0 Å². The molecule has 0 spiro atoms. The predicted molar refractivity (Wildman–Crippen MR) is 65.5 cm³/mol. The molecular formula is C11H11F3N4O3. The first kappa shape index (κ1) is 15.0. The third-order valence-corrected chi connectivity index (χ3v) is 2.99. The van der Waals surface area contributed by atoms with E-state index in [4.69, 9.17) is 0 Å². The number of pyridine rings is 1. The first-order valence-electron chi connectivity index (χ1n) is 6.05. The zero-order valence-corrected chi connectivity index (χ0v) is 10.6. The molecular weight excluding hydrogens is 293 g/mol. The summed E-state index contributed by atoms with van der Waals surface area (Å²) < 4.78 is 37.8. The molecule has 0 aromatic carbocycles. The number of alkyl halides is 3. The van der Waals surface area contributed by atoms with E-state index in [1.807, 2.05) is 0 Å². The lowest BCUT2D eigenvalue weighted by Crippen LogP contribution is -2.44. The summed E-state index contributed by atoms with van der Waals surface area (Å²) in [5.74, 6) is -0.402. The summed E-state index contributed by atoms with van der Waals surface area (Å²) >= 11 is 0. The molecule has 0 aliphatic carbocycles. The van der Waals surface area contributed by atoms with Crippen LogP contribution in [0.25, 0.3) is 0 Å². The maximum absolute atomic E-state index is 12.6. The van der Waals surface area contributed by atoms with Crippen LogP contribution in [-0.4, -0.2) is 28.4 Å². The van der Waals surface area contributed by atoms with Gasteiger partial charge in [0.1, 0.15) is 23.6 Å².